The Labute approximate surface area is 149 Å². The number of benzene rings is 1. The molecule has 3 atom stereocenters. The molecule has 1 N–H and O–H groups in total. The lowest BCUT2D eigenvalue weighted by Crippen LogP contribution is -2.53. The van der Waals surface area contributed by atoms with Gasteiger partial charge in [-0.25, -0.2) is 4.79 Å². The normalized spacial score (nSPS) is 28.8. The number of amides is 3. The van der Waals surface area contributed by atoms with Crippen LogP contribution in [-0.2, 0) is 9.53 Å². The van der Waals surface area contributed by atoms with Crippen LogP contribution in [0, 0.1) is 5.92 Å². The third-order valence-corrected chi connectivity index (χ3v) is 5.43. The van der Waals surface area contributed by atoms with Crippen molar-refractivity contribution in [2.24, 2.45) is 5.92 Å². The lowest BCUT2D eigenvalue weighted by Gasteiger charge is -2.44. The Hall–Kier alpha value is -2.08. The number of likely N-dealkylation sites (tertiary alicyclic amines) is 1. The second-order valence-electron chi connectivity index (χ2n) is 7.34. The average Bonchev–Trinajstić information content (AvgIpc) is 3.03. The quantitative estimate of drug-likeness (QED) is 0.896. The van der Waals surface area contributed by atoms with Gasteiger partial charge in [-0.15, -0.1) is 0 Å². The summed E-state index contributed by atoms with van der Waals surface area (Å²) < 4.78 is 6.22. The van der Waals surface area contributed by atoms with Gasteiger partial charge in [0.15, 0.2) is 0 Å². The van der Waals surface area contributed by atoms with Gasteiger partial charge < -0.3 is 19.9 Å². The summed E-state index contributed by atoms with van der Waals surface area (Å²) in [5, 5.41) is 2.94. The molecule has 3 amide bonds. The van der Waals surface area contributed by atoms with Crippen LogP contribution in [0.5, 0.6) is 0 Å². The molecule has 1 aromatic carbocycles. The van der Waals surface area contributed by atoms with Gasteiger partial charge in [0, 0.05) is 38.8 Å². The molecule has 6 nitrogen and oxygen atoms in total. The molecule has 2 fully saturated rings. The standard InChI is InChI=1S/C19H27N3O3/c1-14-13-22(18(24)20-15-7-5-4-6-8-15)12-11-19(14)10-9-16(25-19)17(23)21(2)3/h4-8,14,16H,9-13H2,1-3H3,(H,20,24)/t14-,16?,19+/m0/s1. The van der Waals surface area contributed by atoms with Gasteiger partial charge in [-0.1, -0.05) is 25.1 Å². The number of nitrogens with one attached hydrogen (secondary N) is 1. The Kier molecular flexibility index (Phi) is 4.99. The minimum Gasteiger partial charge on any atom is -0.362 e. The fourth-order valence-electron chi connectivity index (χ4n) is 3.85. The van der Waals surface area contributed by atoms with E-state index in [1.54, 1.807) is 19.0 Å². The molecule has 1 aromatic rings. The molecule has 0 aromatic heterocycles. The van der Waals surface area contributed by atoms with Gasteiger partial charge in [0.25, 0.3) is 5.91 Å². The van der Waals surface area contributed by atoms with Crippen LogP contribution >= 0.6 is 0 Å². The zero-order chi connectivity index (χ0) is 18.0. The Morgan fingerprint density at radius 3 is 2.60 bits per heavy atom. The van der Waals surface area contributed by atoms with Crippen LogP contribution in [0.4, 0.5) is 10.5 Å². The summed E-state index contributed by atoms with van der Waals surface area (Å²) in [7, 11) is 3.52. The van der Waals surface area contributed by atoms with E-state index in [4.69, 9.17) is 4.74 Å². The zero-order valence-electron chi connectivity index (χ0n) is 15.2. The predicted molar refractivity (Wildman–Crippen MR) is 96.3 cm³/mol. The fraction of sp³-hybridized carbons (Fsp3) is 0.579. The highest BCUT2D eigenvalue weighted by Crippen LogP contribution is 2.42. The van der Waals surface area contributed by atoms with E-state index in [1.807, 2.05) is 35.2 Å². The first kappa shape index (κ1) is 17.7. The molecule has 25 heavy (non-hydrogen) atoms. The molecule has 6 heteroatoms. The van der Waals surface area contributed by atoms with Crippen molar-refractivity contribution in [3.05, 3.63) is 30.3 Å². The second-order valence-corrected chi connectivity index (χ2v) is 7.34. The Morgan fingerprint density at radius 2 is 1.96 bits per heavy atom. The molecule has 0 radical (unpaired) electrons. The summed E-state index contributed by atoms with van der Waals surface area (Å²) in [4.78, 5) is 28.1. The first-order valence-electron chi connectivity index (χ1n) is 8.91. The summed E-state index contributed by atoms with van der Waals surface area (Å²) in [6.07, 6.45) is 2.07. The summed E-state index contributed by atoms with van der Waals surface area (Å²) >= 11 is 0. The topological polar surface area (TPSA) is 61.9 Å². The number of para-hydroxylation sites is 1. The maximum absolute atomic E-state index is 12.5. The monoisotopic (exact) mass is 345 g/mol. The van der Waals surface area contributed by atoms with Crippen LogP contribution in [0.15, 0.2) is 30.3 Å². The van der Waals surface area contributed by atoms with Gasteiger partial charge in [-0.05, 0) is 31.4 Å². The number of nitrogens with zero attached hydrogens (tertiary/aromatic N) is 2. The first-order chi connectivity index (χ1) is 11.9. The molecular formula is C19H27N3O3. The molecule has 136 valence electrons. The molecule has 0 bridgehead atoms. The number of hydrogen-bond donors (Lipinski definition) is 1. The maximum Gasteiger partial charge on any atom is 0.321 e. The molecule has 1 spiro atoms. The largest absolute Gasteiger partial charge is 0.362 e. The van der Waals surface area contributed by atoms with Gasteiger partial charge >= 0.3 is 6.03 Å². The van der Waals surface area contributed by atoms with Crippen LogP contribution < -0.4 is 5.32 Å². The van der Waals surface area contributed by atoms with Crippen molar-refractivity contribution >= 4 is 17.6 Å². The van der Waals surface area contributed by atoms with E-state index >= 15 is 0 Å². The lowest BCUT2D eigenvalue weighted by atomic mass is 9.80. The minimum atomic E-state index is -0.345. The highest BCUT2D eigenvalue weighted by Gasteiger charge is 2.49. The van der Waals surface area contributed by atoms with E-state index in [0.29, 0.717) is 13.1 Å². The van der Waals surface area contributed by atoms with Crippen molar-refractivity contribution in [2.75, 3.05) is 32.5 Å². The van der Waals surface area contributed by atoms with E-state index in [1.165, 1.54) is 0 Å². The highest BCUT2D eigenvalue weighted by molar-refractivity contribution is 5.89. The molecule has 2 aliphatic rings. The van der Waals surface area contributed by atoms with Crippen molar-refractivity contribution < 1.29 is 14.3 Å². The van der Waals surface area contributed by atoms with E-state index in [2.05, 4.69) is 12.2 Å². The van der Waals surface area contributed by atoms with Gasteiger partial charge in [0.1, 0.15) is 6.10 Å². The van der Waals surface area contributed by atoms with Crippen LogP contribution in [0.3, 0.4) is 0 Å². The van der Waals surface area contributed by atoms with Crippen molar-refractivity contribution in [3.8, 4) is 0 Å². The number of hydrogen-bond acceptors (Lipinski definition) is 3. The molecule has 3 rings (SSSR count). The third kappa shape index (κ3) is 3.63. The molecule has 0 saturated carbocycles. The summed E-state index contributed by atoms with van der Waals surface area (Å²) in [5.74, 6) is 0.232. The van der Waals surface area contributed by atoms with Crippen molar-refractivity contribution in [1.82, 2.24) is 9.80 Å². The van der Waals surface area contributed by atoms with E-state index in [-0.39, 0.29) is 29.6 Å². The molecule has 2 heterocycles. The van der Waals surface area contributed by atoms with Gasteiger partial charge in [-0.2, -0.15) is 0 Å². The second kappa shape index (κ2) is 7.04. The first-order valence-corrected chi connectivity index (χ1v) is 8.91. The number of urea groups is 1. The molecular weight excluding hydrogens is 318 g/mol. The fourth-order valence-corrected chi connectivity index (χ4v) is 3.85. The number of piperidine rings is 1. The van der Waals surface area contributed by atoms with Crippen LogP contribution in [0.25, 0.3) is 0 Å². The number of ether oxygens (including phenoxy) is 1. The Bertz CT molecular complexity index is 634. The molecule has 2 saturated heterocycles. The van der Waals surface area contributed by atoms with Gasteiger partial charge in [-0.3, -0.25) is 4.79 Å². The smallest absolute Gasteiger partial charge is 0.321 e. The van der Waals surface area contributed by atoms with Gasteiger partial charge in [0.2, 0.25) is 0 Å². The minimum absolute atomic E-state index is 0.0355. The molecule has 2 aliphatic heterocycles. The number of likely N-dealkylation sites (N-methyl/N-ethyl adjacent to an activating group) is 1. The number of anilines is 1. The van der Waals surface area contributed by atoms with Crippen LogP contribution in [0.1, 0.15) is 26.2 Å². The Morgan fingerprint density at radius 1 is 1.24 bits per heavy atom. The van der Waals surface area contributed by atoms with Crippen molar-refractivity contribution in [3.63, 3.8) is 0 Å². The molecule has 0 aliphatic carbocycles. The zero-order valence-corrected chi connectivity index (χ0v) is 15.2. The third-order valence-electron chi connectivity index (χ3n) is 5.43. The van der Waals surface area contributed by atoms with Gasteiger partial charge in [0.05, 0.1) is 5.60 Å². The van der Waals surface area contributed by atoms with Crippen molar-refractivity contribution in [1.29, 1.82) is 0 Å². The highest BCUT2D eigenvalue weighted by atomic mass is 16.5. The summed E-state index contributed by atoms with van der Waals surface area (Å²) in [6, 6.07) is 9.40. The van der Waals surface area contributed by atoms with Crippen LogP contribution in [0.2, 0.25) is 0 Å². The molecule has 1 unspecified atom stereocenters. The van der Waals surface area contributed by atoms with Crippen LogP contribution in [-0.4, -0.2) is 60.6 Å². The number of rotatable bonds is 2. The number of carbonyl (C=O) groups is 2. The Balaban J connectivity index is 1.59. The maximum atomic E-state index is 12.5. The average molecular weight is 345 g/mol. The summed E-state index contributed by atoms with van der Waals surface area (Å²) in [5.41, 5.74) is 0.522. The SMILES string of the molecule is C[C@H]1CN(C(=O)Nc2ccccc2)CC[C@]12CCC(C(=O)N(C)C)O2. The lowest BCUT2D eigenvalue weighted by molar-refractivity contribution is -0.153. The predicted octanol–water partition coefficient (Wildman–Crippen LogP) is 2.57. The summed E-state index contributed by atoms with van der Waals surface area (Å²) in [6.45, 7) is 3.40. The van der Waals surface area contributed by atoms with E-state index in [0.717, 1.165) is 24.9 Å². The van der Waals surface area contributed by atoms with E-state index in [9.17, 15) is 9.59 Å². The number of carbonyl (C=O) groups excluding carboxylic acids is 2. The van der Waals surface area contributed by atoms with E-state index < -0.39 is 0 Å². The van der Waals surface area contributed by atoms with Crippen molar-refractivity contribution in [2.45, 2.75) is 37.9 Å².